The Morgan fingerprint density at radius 1 is 1.03 bits per heavy atom. The number of ether oxygens (including phenoxy) is 2. The molecule has 2 unspecified atom stereocenters. The molecular weight excluding hydrogens is 447 g/mol. The van der Waals surface area contributed by atoms with Crippen molar-refractivity contribution in [2.24, 2.45) is 11.8 Å². The molecule has 0 saturated carbocycles. The minimum Gasteiger partial charge on any atom is -0.492 e. The van der Waals surface area contributed by atoms with Crippen molar-refractivity contribution in [3.8, 4) is 11.5 Å². The van der Waals surface area contributed by atoms with Gasteiger partial charge in [-0.2, -0.15) is 0 Å². The van der Waals surface area contributed by atoms with Gasteiger partial charge in [0.05, 0.1) is 0 Å². The maximum Gasteiger partial charge on any atom is 0.257 e. The monoisotopic (exact) mass is 478 g/mol. The SMILES string of the molecule is CC1CN(CCOc2ccc(Cl)cc2)CCC1CCCNC(=O)COc1ccc(Cl)cc1. The summed E-state index contributed by atoms with van der Waals surface area (Å²) in [5, 5.41) is 4.32. The molecule has 1 amide bonds. The molecule has 0 bridgehead atoms. The molecule has 1 saturated heterocycles. The van der Waals surface area contributed by atoms with E-state index in [1.807, 2.05) is 24.3 Å². The maximum atomic E-state index is 12.0. The van der Waals surface area contributed by atoms with Crippen LogP contribution in [0.25, 0.3) is 0 Å². The summed E-state index contributed by atoms with van der Waals surface area (Å²) in [6.45, 7) is 6.84. The minimum atomic E-state index is -0.0940. The van der Waals surface area contributed by atoms with Gasteiger partial charge < -0.3 is 14.8 Å². The zero-order chi connectivity index (χ0) is 22.8. The number of halogens is 2. The Bertz CT molecular complexity index is 830. The van der Waals surface area contributed by atoms with Crippen LogP contribution < -0.4 is 14.8 Å². The van der Waals surface area contributed by atoms with Crippen LogP contribution in [-0.4, -0.2) is 50.2 Å². The van der Waals surface area contributed by atoms with Crippen molar-refractivity contribution in [2.45, 2.75) is 26.2 Å². The Balaban J connectivity index is 1.24. The first-order chi connectivity index (χ1) is 15.5. The fraction of sp³-hybridized carbons (Fsp3) is 0.480. The summed E-state index contributed by atoms with van der Waals surface area (Å²) in [5.74, 6) is 2.75. The second-order valence-corrected chi connectivity index (χ2v) is 9.24. The van der Waals surface area contributed by atoms with Crippen LogP contribution in [0.15, 0.2) is 48.5 Å². The Morgan fingerprint density at radius 2 is 1.66 bits per heavy atom. The topological polar surface area (TPSA) is 50.8 Å². The van der Waals surface area contributed by atoms with Crippen molar-refractivity contribution in [3.05, 3.63) is 58.6 Å². The van der Waals surface area contributed by atoms with E-state index in [0.29, 0.717) is 35.8 Å². The van der Waals surface area contributed by atoms with E-state index in [9.17, 15) is 4.79 Å². The van der Waals surface area contributed by atoms with Crippen LogP contribution in [0, 0.1) is 11.8 Å². The number of benzene rings is 2. The summed E-state index contributed by atoms with van der Waals surface area (Å²) in [4.78, 5) is 14.5. The molecule has 174 valence electrons. The number of hydrogen-bond acceptors (Lipinski definition) is 4. The molecule has 2 atom stereocenters. The number of carbonyl (C=O) groups excluding carboxylic acids is 1. The quantitative estimate of drug-likeness (QED) is 0.444. The predicted molar refractivity (Wildman–Crippen MR) is 130 cm³/mol. The molecule has 0 aromatic heterocycles. The molecule has 1 N–H and O–H groups in total. The largest absolute Gasteiger partial charge is 0.492 e. The second-order valence-electron chi connectivity index (χ2n) is 8.36. The van der Waals surface area contributed by atoms with Gasteiger partial charge in [-0.1, -0.05) is 30.1 Å². The number of nitrogens with zero attached hydrogens (tertiary/aromatic N) is 1. The van der Waals surface area contributed by atoms with Crippen molar-refractivity contribution in [3.63, 3.8) is 0 Å². The lowest BCUT2D eigenvalue weighted by Gasteiger charge is -2.37. The number of likely N-dealkylation sites (tertiary alicyclic amines) is 1. The molecule has 2 aromatic rings. The van der Waals surface area contributed by atoms with E-state index in [2.05, 4.69) is 17.1 Å². The van der Waals surface area contributed by atoms with Gasteiger partial charge in [0.25, 0.3) is 5.91 Å². The Morgan fingerprint density at radius 3 is 2.28 bits per heavy atom. The van der Waals surface area contributed by atoms with Crippen LogP contribution in [-0.2, 0) is 4.79 Å². The van der Waals surface area contributed by atoms with Crippen LogP contribution in [0.2, 0.25) is 10.0 Å². The number of carbonyl (C=O) groups is 1. The summed E-state index contributed by atoms with van der Waals surface area (Å²) < 4.78 is 11.3. The molecule has 1 heterocycles. The average Bonchev–Trinajstić information content (AvgIpc) is 2.79. The maximum absolute atomic E-state index is 12.0. The summed E-state index contributed by atoms with van der Waals surface area (Å²) >= 11 is 11.7. The molecule has 2 aromatic carbocycles. The zero-order valence-corrected chi connectivity index (χ0v) is 20.1. The standard InChI is InChI=1S/C25H32Cl2N2O3/c1-19-17-29(15-16-31-23-8-4-21(26)5-9-23)14-12-20(19)3-2-13-28-25(30)18-32-24-10-6-22(27)7-11-24/h4-11,19-20H,2-3,12-18H2,1H3,(H,28,30). The van der Waals surface area contributed by atoms with Crippen LogP contribution in [0.3, 0.4) is 0 Å². The zero-order valence-electron chi connectivity index (χ0n) is 18.6. The molecular formula is C25H32Cl2N2O3. The van der Waals surface area contributed by atoms with Gasteiger partial charge in [0.1, 0.15) is 18.1 Å². The number of nitrogens with one attached hydrogen (secondary N) is 1. The molecule has 1 fully saturated rings. The fourth-order valence-electron chi connectivity index (χ4n) is 4.06. The predicted octanol–water partition coefficient (Wildman–Crippen LogP) is 5.31. The van der Waals surface area contributed by atoms with E-state index in [-0.39, 0.29) is 12.5 Å². The lowest BCUT2D eigenvalue weighted by Crippen LogP contribution is -2.41. The van der Waals surface area contributed by atoms with Gasteiger partial charge in [0.2, 0.25) is 0 Å². The summed E-state index contributed by atoms with van der Waals surface area (Å²) in [5.41, 5.74) is 0. The first-order valence-corrected chi connectivity index (χ1v) is 12.0. The number of piperidine rings is 1. The smallest absolute Gasteiger partial charge is 0.257 e. The van der Waals surface area contributed by atoms with Gasteiger partial charge in [0, 0.05) is 29.7 Å². The first kappa shape index (κ1) is 24.7. The van der Waals surface area contributed by atoms with Crippen molar-refractivity contribution < 1.29 is 14.3 Å². The van der Waals surface area contributed by atoms with Crippen molar-refractivity contribution in [2.75, 3.05) is 39.4 Å². The van der Waals surface area contributed by atoms with E-state index in [1.54, 1.807) is 24.3 Å². The van der Waals surface area contributed by atoms with E-state index in [0.717, 1.165) is 43.2 Å². The lowest BCUT2D eigenvalue weighted by atomic mass is 9.83. The van der Waals surface area contributed by atoms with Gasteiger partial charge in [-0.3, -0.25) is 9.69 Å². The molecule has 0 radical (unpaired) electrons. The lowest BCUT2D eigenvalue weighted by molar-refractivity contribution is -0.123. The van der Waals surface area contributed by atoms with E-state index >= 15 is 0 Å². The van der Waals surface area contributed by atoms with Gasteiger partial charge in [-0.05, 0) is 86.2 Å². The first-order valence-electron chi connectivity index (χ1n) is 11.3. The fourth-order valence-corrected chi connectivity index (χ4v) is 4.31. The normalized spacial score (nSPS) is 18.8. The summed E-state index contributed by atoms with van der Waals surface area (Å²) in [6, 6.07) is 14.5. The third kappa shape index (κ3) is 8.53. The summed E-state index contributed by atoms with van der Waals surface area (Å²) in [6.07, 6.45) is 3.31. The molecule has 1 aliphatic rings. The van der Waals surface area contributed by atoms with E-state index in [1.165, 1.54) is 6.42 Å². The van der Waals surface area contributed by atoms with Gasteiger partial charge >= 0.3 is 0 Å². The van der Waals surface area contributed by atoms with Crippen LogP contribution in [0.1, 0.15) is 26.2 Å². The highest BCUT2D eigenvalue weighted by molar-refractivity contribution is 6.30. The van der Waals surface area contributed by atoms with Gasteiger partial charge in [-0.15, -0.1) is 0 Å². The molecule has 1 aliphatic heterocycles. The molecule has 7 heteroatoms. The highest BCUT2D eigenvalue weighted by atomic mass is 35.5. The van der Waals surface area contributed by atoms with Crippen molar-refractivity contribution in [1.82, 2.24) is 10.2 Å². The Hall–Kier alpha value is -1.95. The molecule has 0 spiro atoms. The van der Waals surface area contributed by atoms with Crippen LogP contribution in [0.5, 0.6) is 11.5 Å². The molecule has 0 aliphatic carbocycles. The van der Waals surface area contributed by atoms with E-state index < -0.39 is 0 Å². The van der Waals surface area contributed by atoms with E-state index in [4.69, 9.17) is 32.7 Å². The average molecular weight is 479 g/mol. The van der Waals surface area contributed by atoms with Crippen LogP contribution >= 0.6 is 23.2 Å². The highest BCUT2D eigenvalue weighted by Crippen LogP contribution is 2.27. The Labute approximate surface area is 201 Å². The Kier molecular flexibility index (Phi) is 9.97. The second kappa shape index (κ2) is 12.9. The van der Waals surface area contributed by atoms with Gasteiger partial charge in [-0.25, -0.2) is 0 Å². The third-order valence-electron chi connectivity index (χ3n) is 5.91. The number of hydrogen-bond donors (Lipinski definition) is 1. The third-order valence-corrected chi connectivity index (χ3v) is 6.42. The van der Waals surface area contributed by atoms with Crippen molar-refractivity contribution >= 4 is 29.1 Å². The molecule has 3 rings (SSSR count). The molecule has 32 heavy (non-hydrogen) atoms. The van der Waals surface area contributed by atoms with Crippen LogP contribution in [0.4, 0.5) is 0 Å². The number of amides is 1. The minimum absolute atomic E-state index is 0.0223. The van der Waals surface area contributed by atoms with Gasteiger partial charge in [0.15, 0.2) is 6.61 Å². The summed E-state index contributed by atoms with van der Waals surface area (Å²) in [7, 11) is 0. The highest BCUT2D eigenvalue weighted by Gasteiger charge is 2.25. The number of rotatable bonds is 11. The molecule has 5 nitrogen and oxygen atoms in total. The van der Waals surface area contributed by atoms with Crippen molar-refractivity contribution in [1.29, 1.82) is 0 Å².